The topological polar surface area (TPSA) is 85.7 Å². The normalized spacial score (nSPS) is 15.2. The zero-order valence-corrected chi connectivity index (χ0v) is 22.1. The van der Waals surface area contributed by atoms with Gasteiger partial charge in [0.2, 0.25) is 0 Å². The number of hydrogen-bond donors (Lipinski definition) is 1. The smallest absolute Gasteiger partial charge is 0.410 e. The summed E-state index contributed by atoms with van der Waals surface area (Å²) in [5, 5.41) is 7.30. The van der Waals surface area contributed by atoms with Gasteiger partial charge in [-0.05, 0) is 50.3 Å². The first-order chi connectivity index (χ1) is 17.6. The number of ether oxygens (including phenoxy) is 2. The van der Waals surface area contributed by atoms with Crippen LogP contribution in [0.15, 0.2) is 67.0 Å². The molecule has 2 aromatic carbocycles. The number of aromatic nitrogens is 2. The number of carbonyl (C=O) groups is 2. The SMILES string of the molecule is Cn1cc(-c2cccc(C3(CNC(=O)OCc4ccccc4)CCN(C(=O)OC(C)(C)C)CC3)c2)cn1. The van der Waals surface area contributed by atoms with Crippen molar-refractivity contribution < 1.29 is 19.1 Å². The number of nitrogens with one attached hydrogen (secondary N) is 1. The second kappa shape index (κ2) is 11.1. The fourth-order valence-electron chi connectivity index (χ4n) is 4.63. The number of aryl methyl sites for hydroxylation is 1. The summed E-state index contributed by atoms with van der Waals surface area (Å²) < 4.78 is 12.8. The van der Waals surface area contributed by atoms with Gasteiger partial charge in [-0.1, -0.05) is 54.6 Å². The number of rotatable bonds is 6. The van der Waals surface area contributed by atoms with Crippen molar-refractivity contribution in [3.8, 4) is 11.1 Å². The lowest BCUT2D eigenvalue weighted by atomic mass is 9.72. The predicted molar refractivity (Wildman–Crippen MR) is 142 cm³/mol. The molecule has 1 aliphatic heterocycles. The van der Waals surface area contributed by atoms with Crippen LogP contribution in [0.1, 0.15) is 44.7 Å². The highest BCUT2D eigenvalue weighted by Crippen LogP contribution is 2.37. The molecule has 1 N–H and O–H groups in total. The van der Waals surface area contributed by atoms with E-state index in [0.717, 1.165) is 22.3 Å². The van der Waals surface area contributed by atoms with E-state index in [1.165, 1.54) is 0 Å². The van der Waals surface area contributed by atoms with Crippen LogP contribution in [-0.4, -0.2) is 52.1 Å². The van der Waals surface area contributed by atoms with E-state index in [2.05, 4.69) is 28.6 Å². The second-order valence-corrected chi connectivity index (χ2v) is 10.6. The number of hydrogen-bond acceptors (Lipinski definition) is 5. The Labute approximate surface area is 218 Å². The maximum Gasteiger partial charge on any atom is 0.410 e. The quantitative estimate of drug-likeness (QED) is 0.494. The summed E-state index contributed by atoms with van der Waals surface area (Å²) in [6, 6.07) is 18.0. The van der Waals surface area contributed by atoms with Crippen molar-refractivity contribution in [2.75, 3.05) is 19.6 Å². The molecule has 2 heterocycles. The monoisotopic (exact) mass is 504 g/mol. The molecule has 0 atom stereocenters. The van der Waals surface area contributed by atoms with Gasteiger partial charge in [-0.25, -0.2) is 9.59 Å². The molecule has 196 valence electrons. The molecule has 0 spiro atoms. The van der Waals surface area contributed by atoms with Crippen LogP contribution in [0.3, 0.4) is 0 Å². The molecular formula is C29H36N4O4. The van der Waals surface area contributed by atoms with Gasteiger partial charge in [0.05, 0.1) is 6.20 Å². The van der Waals surface area contributed by atoms with Crippen molar-refractivity contribution >= 4 is 12.2 Å². The van der Waals surface area contributed by atoms with Crippen molar-refractivity contribution in [2.45, 2.75) is 51.2 Å². The minimum atomic E-state index is -0.548. The largest absolute Gasteiger partial charge is 0.445 e. The summed E-state index contributed by atoms with van der Waals surface area (Å²) in [7, 11) is 1.90. The van der Waals surface area contributed by atoms with Crippen LogP contribution in [0.4, 0.5) is 9.59 Å². The zero-order valence-electron chi connectivity index (χ0n) is 22.1. The first-order valence-corrected chi connectivity index (χ1v) is 12.7. The summed E-state index contributed by atoms with van der Waals surface area (Å²) >= 11 is 0. The minimum absolute atomic E-state index is 0.211. The zero-order chi connectivity index (χ0) is 26.5. The van der Waals surface area contributed by atoms with Crippen molar-refractivity contribution in [3.63, 3.8) is 0 Å². The van der Waals surface area contributed by atoms with Gasteiger partial charge in [0.1, 0.15) is 12.2 Å². The van der Waals surface area contributed by atoms with Gasteiger partial charge < -0.3 is 19.7 Å². The molecule has 0 saturated carbocycles. The molecule has 0 aliphatic carbocycles. The van der Waals surface area contributed by atoms with Crippen molar-refractivity contribution in [2.24, 2.45) is 7.05 Å². The molecule has 0 radical (unpaired) electrons. The number of likely N-dealkylation sites (tertiary alicyclic amines) is 1. The average molecular weight is 505 g/mol. The fraction of sp³-hybridized carbons (Fsp3) is 0.414. The highest BCUT2D eigenvalue weighted by molar-refractivity contribution is 5.69. The lowest BCUT2D eigenvalue weighted by Gasteiger charge is -2.42. The minimum Gasteiger partial charge on any atom is -0.445 e. The Morgan fingerprint density at radius 2 is 1.76 bits per heavy atom. The highest BCUT2D eigenvalue weighted by Gasteiger charge is 2.39. The molecule has 1 fully saturated rings. The first-order valence-electron chi connectivity index (χ1n) is 12.7. The Bertz CT molecular complexity index is 1210. The molecule has 8 nitrogen and oxygen atoms in total. The van der Waals surface area contributed by atoms with Crippen molar-refractivity contribution in [1.82, 2.24) is 20.0 Å². The fourth-order valence-corrected chi connectivity index (χ4v) is 4.63. The van der Waals surface area contributed by atoms with E-state index in [9.17, 15) is 9.59 Å². The number of amides is 2. The van der Waals surface area contributed by atoms with Gasteiger partial charge in [-0.3, -0.25) is 4.68 Å². The molecule has 0 bridgehead atoms. The van der Waals surface area contributed by atoms with E-state index in [1.807, 2.05) is 76.6 Å². The van der Waals surface area contributed by atoms with Crippen molar-refractivity contribution in [1.29, 1.82) is 0 Å². The molecule has 1 aromatic heterocycles. The van der Waals surface area contributed by atoms with Crippen LogP contribution in [-0.2, 0) is 28.5 Å². The summed E-state index contributed by atoms with van der Waals surface area (Å²) in [5.41, 5.74) is 3.23. The molecule has 1 aliphatic rings. The maximum atomic E-state index is 12.7. The summed E-state index contributed by atoms with van der Waals surface area (Å²) in [6.07, 6.45) is 4.43. The van der Waals surface area contributed by atoms with Gasteiger partial charge in [0, 0.05) is 43.9 Å². The molecular weight excluding hydrogens is 468 g/mol. The van der Waals surface area contributed by atoms with Crippen LogP contribution < -0.4 is 5.32 Å². The number of nitrogens with zero attached hydrogens (tertiary/aromatic N) is 3. The number of alkyl carbamates (subject to hydrolysis) is 1. The van der Waals surface area contributed by atoms with Crippen LogP contribution in [0, 0.1) is 0 Å². The van der Waals surface area contributed by atoms with E-state index in [-0.39, 0.29) is 18.1 Å². The van der Waals surface area contributed by atoms with E-state index >= 15 is 0 Å². The molecule has 37 heavy (non-hydrogen) atoms. The Kier molecular flexibility index (Phi) is 7.86. The summed E-state index contributed by atoms with van der Waals surface area (Å²) in [6.45, 7) is 7.29. The molecule has 4 rings (SSSR count). The lowest BCUT2D eigenvalue weighted by molar-refractivity contribution is 0.0161. The van der Waals surface area contributed by atoms with Gasteiger partial charge in [0.25, 0.3) is 0 Å². The van der Waals surface area contributed by atoms with Crippen LogP contribution >= 0.6 is 0 Å². The average Bonchev–Trinajstić information content (AvgIpc) is 3.32. The van der Waals surface area contributed by atoms with E-state index in [1.54, 1.807) is 9.58 Å². The lowest BCUT2D eigenvalue weighted by Crippen LogP contribution is -2.51. The molecule has 2 amide bonds. The molecule has 3 aromatic rings. The maximum absolute atomic E-state index is 12.7. The second-order valence-electron chi connectivity index (χ2n) is 10.6. The number of carbonyl (C=O) groups excluding carboxylic acids is 2. The van der Waals surface area contributed by atoms with E-state index in [0.29, 0.717) is 32.5 Å². The standard InChI is InChI=1S/C29H36N4O4/c1-28(2,3)37-27(35)33-15-13-29(14-16-33,21-30-26(34)36-20-22-9-6-5-7-10-22)25-12-8-11-23(17-25)24-18-31-32(4)19-24/h5-12,17-19H,13-16,20-21H2,1-4H3,(H,30,34). The number of piperidine rings is 1. The van der Waals surface area contributed by atoms with E-state index in [4.69, 9.17) is 9.47 Å². The third kappa shape index (κ3) is 6.90. The Morgan fingerprint density at radius 1 is 1.03 bits per heavy atom. The summed E-state index contributed by atoms with van der Waals surface area (Å²) in [5.74, 6) is 0. The van der Waals surface area contributed by atoms with Crippen molar-refractivity contribution in [3.05, 3.63) is 78.1 Å². The van der Waals surface area contributed by atoms with Gasteiger partial charge >= 0.3 is 12.2 Å². The van der Waals surface area contributed by atoms with Gasteiger partial charge in [-0.15, -0.1) is 0 Å². The third-order valence-electron chi connectivity index (χ3n) is 6.67. The Morgan fingerprint density at radius 3 is 2.41 bits per heavy atom. The van der Waals surface area contributed by atoms with E-state index < -0.39 is 11.7 Å². The molecule has 0 unspecified atom stereocenters. The predicted octanol–water partition coefficient (Wildman–Crippen LogP) is 5.28. The highest BCUT2D eigenvalue weighted by atomic mass is 16.6. The molecule has 1 saturated heterocycles. The van der Waals surface area contributed by atoms with Crippen LogP contribution in [0.25, 0.3) is 11.1 Å². The Hall–Kier alpha value is -3.81. The Balaban J connectivity index is 1.50. The first kappa shape index (κ1) is 26.3. The van der Waals surface area contributed by atoms with Crippen LogP contribution in [0.2, 0.25) is 0 Å². The third-order valence-corrected chi connectivity index (χ3v) is 6.67. The van der Waals surface area contributed by atoms with Crippen LogP contribution in [0.5, 0.6) is 0 Å². The summed E-state index contributed by atoms with van der Waals surface area (Å²) in [4.78, 5) is 27.1. The van der Waals surface area contributed by atoms with Gasteiger partial charge in [-0.2, -0.15) is 5.10 Å². The molecule has 8 heteroatoms. The van der Waals surface area contributed by atoms with Gasteiger partial charge in [0.15, 0.2) is 0 Å². The number of benzene rings is 2.